The Morgan fingerprint density at radius 2 is 1.86 bits per heavy atom. The highest BCUT2D eigenvalue weighted by atomic mass is 19.4. The van der Waals surface area contributed by atoms with Crippen LogP contribution in [0, 0.1) is 0 Å². The summed E-state index contributed by atoms with van der Waals surface area (Å²) in [7, 11) is 1.29. The van der Waals surface area contributed by atoms with Gasteiger partial charge in [-0.25, -0.2) is 4.99 Å². The Morgan fingerprint density at radius 3 is 2.45 bits per heavy atom. The molecule has 0 aromatic heterocycles. The highest BCUT2D eigenvalue weighted by Crippen LogP contribution is 2.27. The molecule has 29 heavy (non-hydrogen) atoms. The number of esters is 1. The van der Waals surface area contributed by atoms with Gasteiger partial charge in [0.15, 0.2) is 0 Å². The maximum absolute atomic E-state index is 12.2. The molecule has 0 fully saturated rings. The summed E-state index contributed by atoms with van der Waals surface area (Å²) < 4.78 is 45.2. The van der Waals surface area contributed by atoms with Crippen molar-refractivity contribution in [3.05, 3.63) is 59.7 Å². The Bertz CT molecular complexity index is 870. The molecule has 0 spiro atoms. The van der Waals surface area contributed by atoms with Crippen LogP contribution < -0.4 is 20.9 Å². The van der Waals surface area contributed by atoms with Gasteiger partial charge in [-0.2, -0.15) is 5.43 Å². The SMILES string of the molecule is COC(=O)C(N)Cc1ccc(C2N=CN(c3ccc(OC(F)(F)F)cc3)N2)cc1. The summed E-state index contributed by atoms with van der Waals surface area (Å²) in [4.78, 5) is 15.8. The number of hydrazine groups is 1. The van der Waals surface area contributed by atoms with E-state index in [1.165, 1.54) is 31.4 Å². The van der Waals surface area contributed by atoms with Gasteiger partial charge in [0.25, 0.3) is 0 Å². The van der Waals surface area contributed by atoms with Gasteiger partial charge in [-0.15, -0.1) is 13.2 Å². The summed E-state index contributed by atoms with van der Waals surface area (Å²) in [5, 5.41) is 1.60. The fourth-order valence-electron chi connectivity index (χ4n) is 2.77. The lowest BCUT2D eigenvalue weighted by molar-refractivity contribution is -0.274. The van der Waals surface area contributed by atoms with E-state index >= 15 is 0 Å². The maximum Gasteiger partial charge on any atom is 0.573 e. The van der Waals surface area contributed by atoms with E-state index in [1.807, 2.05) is 24.3 Å². The first-order valence-electron chi connectivity index (χ1n) is 8.62. The summed E-state index contributed by atoms with van der Waals surface area (Å²) in [5.41, 5.74) is 11.2. The van der Waals surface area contributed by atoms with Crippen molar-refractivity contribution in [1.82, 2.24) is 5.43 Å². The summed E-state index contributed by atoms with van der Waals surface area (Å²) in [6.45, 7) is 0. The third-order valence-corrected chi connectivity index (χ3v) is 4.20. The average Bonchev–Trinajstić information content (AvgIpc) is 3.17. The fourth-order valence-corrected chi connectivity index (χ4v) is 2.77. The molecule has 2 unspecified atom stereocenters. The van der Waals surface area contributed by atoms with Gasteiger partial charge in [-0.1, -0.05) is 24.3 Å². The quantitative estimate of drug-likeness (QED) is 0.715. The zero-order valence-corrected chi connectivity index (χ0v) is 15.4. The van der Waals surface area contributed by atoms with E-state index in [4.69, 9.17) is 5.73 Å². The minimum Gasteiger partial charge on any atom is -0.468 e. The molecule has 1 heterocycles. The number of benzene rings is 2. The number of carbonyl (C=O) groups is 1. The lowest BCUT2D eigenvalue weighted by Crippen LogP contribution is -2.33. The topological polar surface area (TPSA) is 89.2 Å². The van der Waals surface area contributed by atoms with Crippen molar-refractivity contribution in [3.63, 3.8) is 0 Å². The van der Waals surface area contributed by atoms with Crippen molar-refractivity contribution < 1.29 is 27.4 Å². The number of carbonyl (C=O) groups excluding carboxylic acids is 1. The van der Waals surface area contributed by atoms with Crippen molar-refractivity contribution in [2.24, 2.45) is 10.7 Å². The molecule has 0 aliphatic carbocycles. The van der Waals surface area contributed by atoms with Gasteiger partial charge in [0.1, 0.15) is 24.3 Å². The Labute approximate surface area is 164 Å². The van der Waals surface area contributed by atoms with E-state index in [-0.39, 0.29) is 11.9 Å². The molecule has 0 saturated heterocycles. The first kappa shape index (κ1) is 20.6. The second kappa shape index (κ2) is 8.50. The normalized spacial score (nSPS) is 17.3. The second-order valence-corrected chi connectivity index (χ2v) is 6.28. The summed E-state index contributed by atoms with van der Waals surface area (Å²) in [6, 6.07) is 12.1. The van der Waals surface area contributed by atoms with Crippen LogP contribution in [0.25, 0.3) is 0 Å². The van der Waals surface area contributed by atoms with Gasteiger partial charge in [0.2, 0.25) is 0 Å². The fraction of sp³-hybridized carbons (Fsp3) is 0.263. The number of aliphatic imine (C=N–C) groups is 1. The van der Waals surface area contributed by atoms with E-state index in [1.54, 1.807) is 11.3 Å². The molecule has 0 radical (unpaired) electrons. The summed E-state index contributed by atoms with van der Waals surface area (Å²) in [5.74, 6) is -0.770. The molecule has 1 aliphatic heterocycles. The van der Waals surface area contributed by atoms with Gasteiger partial charge in [0, 0.05) is 0 Å². The van der Waals surface area contributed by atoms with E-state index < -0.39 is 18.4 Å². The van der Waals surface area contributed by atoms with Gasteiger partial charge in [-0.05, 0) is 41.8 Å². The minimum atomic E-state index is -4.73. The maximum atomic E-state index is 12.2. The summed E-state index contributed by atoms with van der Waals surface area (Å²) >= 11 is 0. The molecule has 2 aromatic carbocycles. The van der Waals surface area contributed by atoms with Crippen LogP contribution in [-0.2, 0) is 16.0 Å². The number of hydrogen-bond donors (Lipinski definition) is 2. The Balaban J connectivity index is 1.59. The highest BCUT2D eigenvalue weighted by molar-refractivity contribution is 5.80. The second-order valence-electron chi connectivity index (χ2n) is 6.28. The third kappa shape index (κ3) is 5.46. The van der Waals surface area contributed by atoms with Crippen LogP contribution in [0.1, 0.15) is 17.3 Å². The smallest absolute Gasteiger partial charge is 0.468 e. The van der Waals surface area contributed by atoms with Gasteiger partial charge >= 0.3 is 12.3 Å². The van der Waals surface area contributed by atoms with Crippen molar-refractivity contribution in [1.29, 1.82) is 0 Å². The Kier molecular flexibility index (Phi) is 6.04. The van der Waals surface area contributed by atoms with E-state index in [9.17, 15) is 18.0 Å². The molecule has 3 N–H and O–H groups in total. The molecule has 0 amide bonds. The number of rotatable bonds is 6. The standard InChI is InChI=1S/C19H19F3N4O3/c1-28-18(27)16(23)10-12-2-4-13(5-3-12)17-24-11-26(25-17)14-6-8-15(9-7-14)29-19(20,21)22/h2-9,11,16-17,25H,10,23H2,1H3. The van der Waals surface area contributed by atoms with Gasteiger partial charge in [-0.3, -0.25) is 9.80 Å². The van der Waals surface area contributed by atoms with E-state index in [2.05, 4.69) is 19.9 Å². The lowest BCUT2D eigenvalue weighted by atomic mass is 10.0. The molecule has 2 aromatic rings. The van der Waals surface area contributed by atoms with Crippen LogP contribution in [0.4, 0.5) is 18.9 Å². The molecule has 2 atom stereocenters. The van der Waals surface area contributed by atoms with Crippen LogP contribution in [0.2, 0.25) is 0 Å². The van der Waals surface area contributed by atoms with Gasteiger partial charge < -0.3 is 15.2 Å². The number of alkyl halides is 3. The zero-order valence-electron chi connectivity index (χ0n) is 15.4. The van der Waals surface area contributed by atoms with E-state index in [0.29, 0.717) is 12.1 Å². The predicted molar refractivity (Wildman–Crippen MR) is 100 cm³/mol. The predicted octanol–water partition coefficient (Wildman–Crippen LogP) is 2.68. The Hall–Kier alpha value is -3.11. The summed E-state index contributed by atoms with van der Waals surface area (Å²) in [6.07, 6.45) is -3.19. The van der Waals surface area contributed by atoms with Crippen molar-refractivity contribution >= 4 is 18.0 Å². The minimum absolute atomic E-state index is 0.297. The number of hydrogen-bond acceptors (Lipinski definition) is 7. The number of methoxy groups -OCH3 is 1. The van der Waals surface area contributed by atoms with Crippen molar-refractivity contribution in [2.75, 3.05) is 12.1 Å². The molecule has 0 bridgehead atoms. The monoisotopic (exact) mass is 408 g/mol. The average molecular weight is 408 g/mol. The third-order valence-electron chi connectivity index (χ3n) is 4.20. The number of anilines is 1. The number of nitrogens with zero attached hydrogens (tertiary/aromatic N) is 2. The number of nitrogens with one attached hydrogen (secondary N) is 1. The molecule has 7 nitrogen and oxygen atoms in total. The van der Waals surface area contributed by atoms with Gasteiger partial charge in [0.05, 0.1) is 12.8 Å². The van der Waals surface area contributed by atoms with Crippen LogP contribution in [-0.4, -0.2) is 31.8 Å². The first-order valence-corrected chi connectivity index (χ1v) is 8.62. The molecular weight excluding hydrogens is 389 g/mol. The molecule has 3 rings (SSSR count). The highest BCUT2D eigenvalue weighted by Gasteiger charge is 2.31. The molecular formula is C19H19F3N4O3. The van der Waals surface area contributed by atoms with Crippen LogP contribution in [0.3, 0.4) is 0 Å². The largest absolute Gasteiger partial charge is 0.573 e. The number of nitrogens with two attached hydrogens (primary N) is 1. The van der Waals surface area contributed by atoms with Crippen molar-refractivity contribution in [2.45, 2.75) is 25.0 Å². The molecule has 0 saturated carbocycles. The molecule has 154 valence electrons. The van der Waals surface area contributed by atoms with Crippen LogP contribution in [0.15, 0.2) is 53.5 Å². The first-order chi connectivity index (χ1) is 13.7. The number of ether oxygens (including phenoxy) is 2. The molecule has 1 aliphatic rings. The van der Waals surface area contributed by atoms with Crippen LogP contribution in [0.5, 0.6) is 5.75 Å². The lowest BCUT2D eigenvalue weighted by Gasteiger charge is -2.19. The number of halogens is 3. The van der Waals surface area contributed by atoms with Crippen LogP contribution >= 0.6 is 0 Å². The van der Waals surface area contributed by atoms with E-state index in [0.717, 1.165) is 11.1 Å². The molecule has 10 heteroatoms. The van der Waals surface area contributed by atoms with Crippen molar-refractivity contribution in [3.8, 4) is 5.75 Å². The zero-order chi connectivity index (χ0) is 21.0. The Morgan fingerprint density at radius 1 is 1.21 bits per heavy atom.